The van der Waals surface area contributed by atoms with E-state index >= 15 is 0 Å². The maximum Gasteiger partial charge on any atom is 0.133 e. The fraction of sp³-hybridized carbons (Fsp3) is 0.929. The number of carbonyl (C=O) groups is 1. The van der Waals surface area contributed by atoms with Gasteiger partial charge in [-0.05, 0) is 44.1 Å². The Morgan fingerprint density at radius 2 is 2.12 bits per heavy atom. The Morgan fingerprint density at radius 1 is 1.35 bits per heavy atom. The van der Waals surface area contributed by atoms with Crippen molar-refractivity contribution in [2.45, 2.75) is 64.9 Å². The Balaban J connectivity index is 2.11. The first kappa shape index (κ1) is 14.7. The number of ketones is 1. The molecule has 0 aromatic carbocycles. The first-order valence-electron chi connectivity index (χ1n) is 6.87. The maximum atomic E-state index is 11.8. The van der Waals surface area contributed by atoms with Crippen molar-refractivity contribution in [1.29, 1.82) is 0 Å². The summed E-state index contributed by atoms with van der Waals surface area (Å²) in [6.45, 7) is 5.96. The van der Waals surface area contributed by atoms with E-state index in [4.69, 9.17) is 10.5 Å². The molecule has 1 unspecified atom stereocenters. The Morgan fingerprint density at radius 3 is 2.71 bits per heavy atom. The van der Waals surface area contributed by atoms with Gasteiger partial charge in [0.05, 0.1) is 6.10 Å². The molecule has 0 aromatic rings. The summed E-state index contributed by atoms with van der Waals surface area (Å²) in [4.78, 5) is 11.8. The molecule has 1 aliphatic heterocycles. The lowest BCUT2D eigenvalue weighted by Gasteiger charge is -2.23. The molecular weight excluding hydrogens is 214 g/mol. The maximum absolute atomic E-state index is 11.8. The molecule has 2 N–H and O–H groups in total. The minimum Gasteiger partial charge on any atom is -0.378 e. The van der Waals surface area contributed by atoms with Gasteiger partial charge in [-0.15, -0.1) is 0 Å². The van der Waals surface area contributed by atoms with Crippen LogP contribution >= 0.6 is 0 Å². The molecule has 1 atom stereocenters. The molecule has 0 bridgehead atoms. The summed E-state index contributed by atoms with van der Waals surface area (Å²) < 4.78 is 5.52. The molecule has 0 aliphatic carbocycles. The zero-order valence-electron chi connectivity index (χ0n) is 11.3. The van der Waals surface area contributed by atoms with Gasteiger partial charge in [-0.3, -0.25) is 4.79 Å². The van der Waals surface area contributed by atoms with Crippen molar-refractivity contribution in [1.82, 2.24) is 0 Å². The number of hydrogen-bond donors (Lipinski definition) is 1. The van der Waals surface area contributed by atoms with Crippen LogP contribution in [0.5, 0.6) is 0 Å². The van der Waals surface area contributed by atoms with Crippen molar-refractivity contribution < 1.29 is 9.53 Å². The normalized spacial score (nSPS) is 20.8. The molecule has 3 heteroatoms. The average Bonchev–Trinajstić information content (AvgIpc) is 2.76. The summed E-state index contributed by atoms with van der Waals surface area (Å²) in [7, 11) is 0. The van der Waals surface area contributed by atoms with E-state index in [1.54, 1.807) is 0 Å². The predicted molar refractivity (Wildman–Crippen MR) is 69.9 cm³/mol. The van der Waals surface area contributed by atoms with Crippen molar-refractivity contribution in [3.05, 3.63) is 0 Å². The van der Waals surface area contributed by atoms with E-state index in [0.29, 0.717) is 31.3 Å². The van der Waals surface area contributed by atoms with E-state index in [1.807, 2.05) is 0 Å². The summed E-state index contributed by atoms with van der Waals surface area (Å²) in [5, 5.41) is 0. The van der Waals surface area contributed by atoms with Gasteiger partial charge in [0.2, 0.25) is 0 Å². The molecular formula is C14H27NO2. The number of Topliss-reactive ketones (excluding diaryl/α,β-unsaturated/α-hetero) is 1. The van der Waals surface area contributed by atoms with E-state index in [-0.39, 0.29) is 5.41 Å². The summed E-state index contributed by atoms with van der Waals surface area (Å²) in [5.74, 6) is 0.380. The number of hydrogen-bond acceptors (Lipinski definition) is 3. The third kappa shape index (κ3) is 6.18. The van der Waals surface area contributed by atoms with Crippen LogP contribution in [-0.4, -0.2) is 25.0 Å². The molecule has 3 nitrogen and oxygen atoms in total. The molecule has 1 rings (SSSR count). The van der Waals surface area contributed by atoms with Crippen LogP contribution in [0.3, 0.4) is 0 Å². The summed E-state index contributed by atoms with van der Waals surface area (Å²) in [5.41, 5.74) is 5.76. The van der Waals surface area contributed by atoms with Crippen molar-refractivity contribution in [3.8, 4) is 0 Å². The van der Waals surface area contributed by atoms with E-state index in [2.05, 4.69) is 13.8 Å². The van der Waals surface area contributed by atoms with Crippen LogP contribution in [-0.2, 0) is 9.53 Å². The van der Waals surface area contributed by atoms with E-state index in [0.717, 1.165) is 38.7 Å². The van der Waals surface area contributed by atoms with Gasteiger partial charge in [-0.1, -0.05) is 13.8 Å². The number of rotatable bonds is 8. The predicted octanol–water partition coefficient (Wildman–Crippen LogP) is 2.67. The SMILES string of the molecule is CC(C)(CCN)CCC(=O)CCC1CCCO1. The first-order chi connectivity index (χ1) is 8.03. The van der Waals surface area contributed by atoms with Gasteiger partial charge in [0.1, 0.15) is 5.78 Å². The average molecular weight is 241 g/mol. The first-order valence-corrected chi connectivity index (χ1v) is 6.87. The largest absolute Gasteiger partial charge is 0.378 e. The van der Waals surface area contributed by atoms with E-state index < -0.39 is 0 Å². The Kier molecular flexibility index (Phi) is 6.14. The quantitative estimate of drug-likeness (QED) is 0.711. The number of nitrogens with two attached hydrogens (primary N) is 1. The Hall–Kier alpha value is -0.410. The van der Waals surface area contributed by atoms with Gasteiger partial charge in [-0.25, -0.2) is 0 Å². The highest BCUT2D eigenvalue weighted by molar-refractivity contribution is 5.78. The van der Waals surface area contributed by atoms with Crippen LogP contribution in [0.25, 0.3) is 0 Å². The van der Waals surface area contributed by atoms with Gasteiger partial charge in [-0.2, -0.15) is 0 Å². The molecule has 0 amide bonds. The summed E-state index contributed by atoms with van der Waals surface area (Å²) in [6.07, 6.45) is 6.87. The molecule has 1 saturated heterocycles. The number of ether oxygens (including phenoxy) is 1. The van der Waals surface area contributed by atoms with Crippen LogP contribution < -0.4 is 5.73 Å². The van der Waals surface area contributed by atoms with E-state index in [9.17, 15) is 4.79 Å². The highest BCUT2D eigenvalue weighted by atomic mass is 16.5. The third-order valence-corrected chi connectivity index (χ3v) is 3.67. The highest BCUT2D eigenvalue weighted by Gasteiger charge is 2.20. The van der Waals surface area contributed by atoms with Crippen LogP contribution in [0.1, 0.15) is 58.8 Å². The molecule has 0 aromatic heterocycles. The van der Waals surface area contributed by atoms with Crippen LogP contribution in [0.2, 0.25) is 0 Å². The van der Waals surface area contributed by atoms with Gasteiger partial charge in [0.25, 0.3) is 0 Å². The van der Waals surface area contributed by atoms with Crippen molar-refractivity contribution in [3.63, 3.8) is 0 Å². The second-order valence-electron chi connectivity index (χ2n) is 5.92. The van der Waals surface area contributed by atoms with Gasteiger partial charge >= 0.3 is 0 Å². The lowest BCUT2D eigenvalue weighted by atomic mass is 9.83. The molecule has 1 heterocycles. The smallest absolute Gasteiger partial charge is 0.133 e. The van der Waals surface area contributed by atoms with Gasteiger partial charge in [0, 0.05) is 19.4 Å². The van der Waals surface area contributed by atoms with Gasteiger partial charge in [0.15, 0.2) is 0 Å². The minimum atomic E-state index is 0.203. The fourth-order valence-corrected chi connectivity index (χ4v) is 2.31. The third-order valence-electron chi connectivity index (χ3n) is 3.67. The van der Waals surface area contributed by atoms with Gasteiger partial charge < -0.3 is 10.5 Å². The molecule has 0 saturated carbocycles. The van der Waals surface area contributed by atoms with E-state index in [1.165, 1.54) is 0 Å². The van der Waals surface area contributed by atoms with Crippen molar-refractivity contribution in [2.75, 3.05) is 13.2 Å². The van der Waals surface area contributed by atoms with Crippen molar-refractivity contribution in [2.24, 2.45) is 11.1 Å². The zero-order chi connectivity index (χ0) is 12.7. The molecule has 0 spiro atoms. The standard InChI is InChI=1S/C14H27NO2/c1-14(2,9-10-15)8-7-12(16)5-6-13-4-3-11-17-13/h13H,3-11,15H2,1-2H3. The second kappa shape index (κ2) is 7.12. The van der Waals surface area contributed by atoms with Crippen LogP contribution in [0.4, 0.5) is 0 Å². The zero-order valence-corrected chi connectivity index (χ0v) is 11.3. The lowest BCUT2D eigenvalue weighted by Crippen LogP contribution is -2.18. The van der Waals surface area contributed by atoms with Crippen LogP contribution in [0.15, 0.2) is 0 Å². The molecule has 1 fully saturated rings. The van der Waals surface area contributed by atoms with Crippen molar-refractivity contribution >= 4 is 5.78 Å². The lowest BCUT2D eigenvalue weighted by molar-refractivity contribution is -0.120. The topological polar surface area (TPSA) is 52.3 Å². The Bertz CT molecular complexity index is 232. The summed E-state index contributed by atoms with van der Waals surface area (Å²) >= 11 is 0. The monoisotopic (exact) mass is 241 g/mol. The summed E-state index contributed by atoms with van der Waals surface area (Å²) in [6, 6.07) is 0. The highest BCUT2D eigenvalue weighted by Crippen LogP contribution is 2.26. The number of carbonyl (C=O) groups excluding carboxylic acids is 1. The fourth-order valence-electron chi connectivity index (χ4n) is 2.31. The Labute approximate surface area is 105 Å². The molecule has 100 valence electrons. The minimum absolute atomic E-state index is 0.203. The molecule has 17 heavy (non-hydrogen) atoms. The second-order valence-corrected chi connectivity index (χ2v) is 5.92. The van der Waals surface area contributed by atoms with Crippen LogP contribution in [0, 0.1) is 5.41 Å². The molecule has 0 radical (unpaired) electrons. The molecule has 1 aliphatic rings.